The van der Waals surface area contributed by atoms with Crippen molar-refractivity contribution in [3.8, 4) is 5.69 Å². The van der Waals surface area contributed by atoms with E-state index in [-0.39, 0.29) is 29.8 Å². The number of halogens is 2. The first-order valence-corrected chi connectivity index (χ1v) is 10.4. The van der Waals surface area contributed by atoms with Gasteiger partial charge in [0.1, 0.15) is 5.82 Å². The zero-order chi connectivity index (χ0) is 20.3. The second kappa shape index (κ2) is 13.6. The van der Waals surface area contributed by atoms with Crippen LogP contribution >= 0.6 is 24.0 Å². The lowest BCUT2D eigenvalue weighted by molar-refractivity contribution is 0.0377. The Morgan fingerprint density at radius 3 is 2.67 bits per heavy atom. The van der Waals surface area contributed by atoms with Crippen molar-refractivity contribution in [3.05, 3.63) is 48.0 Å². The molecule has 1 aliphatic rings. The summed E-state index contributed by atoms with van der Waals surface area (Å²) in [7, 11) is 0. The first-order valence-electron chi connectivity index (χ1n) is 10.4. The molecule has 1 aromatic carbocycles. The maximum atomic E-state index is 13.1. The van der Waals surface area contributed by atoms with Crippen LogP contribution in [0.15, 0.2) is 41.5 Å². The summed E-state index contributed by atoms with van der Waals surface area (Å²) in [5.41, 5.74) is 1.82. The van der Waals surface area contributed by atoms with E-state index in [1.165, 1.54) is 12.1 Å². The highest BCUT2D eigenvalue weighted by Gasteiger charge is 2.09. The molecule has 0 bridgehead atoms. The van der Waals surface area contributed by atoms with E-state index < -0.39 is 0 Å². The fraction of sp³-hybridized carbons (Fsp3) is 0.524. The Morgan fingerprint density at radius 2 is 1.93 bits per heavy atom. The molecule has 0 radical (unpaired) electrons. The highest BCUT2D eigenvalue weighted by Crippen LogP contribution is 2.09. The van der Waals surface area contributed by atoms with Crippen LogP contribution < -0.4 is 10.6 Å². The molecular formula is C21H32FIN6O. The first kappa shape index (κ1) is 24.5. The Morgan fingerprint density at radius 1 is 1.17 bits per heavy atom. The average Bonchev–Trinajstić information content (AvgIpc) is 3.21. The lowest BCUT2D eigenvalue weighted by Gasteiger charge is -2.26. The van der Waals surface area contributed by atoms with Gasteiger partial charge in [0.15, 0.2) is 5.96 Å². The quantitative estimate of drug-likeness (QED) is 0.226. The number of benzene rings is 1. The molecule has 0 unspecified atom stereocenters. The van der Waals surface area contributed by atoms with E-state index in [4.69, 9.17) is 4.74 Å². The van der Waals surface area contributed by atoms with Gasteiger partial charge in [0.2, 0.25) is 0 Å². The van der Waals surface area contributed by atoms with Gasteiger partial charge in [-0.05, 0) is 43.7 Å². The van der Waals surface area contributed by atoms with E-state index in [9.17, 15) is 4.39 Å². The van der Waals surface area contributed by atoms with Gasteiger partial charge in [-0.1, -0.05) is 0 Å². The fourth-order valence-corrected chi connectivity index (χ4v) is 3.19. The van der Waals surface area contributed by atoms with Crippen molar-refractivity contribution in [2.75, 3.05) is 52.5 Å². The second-order valence-corrected chi connectivity index (χ2v) is 6.97. The standard InChI is InChI=1S/C21H31FN6O.HI/c1-2-23-21(24-10-3-12-27-14-16-29-17-15-27)25-11-8-19-9-13-28(26-19)20-6-4-18(22)5-7-20;/h4-7,9,13H,2-3,8,10-12,14-17H2,1H3,(H2,23,24,25);1H. The number of aliphatic imine (C=N–C) groups is 1. The van der Waals surface area contributed by atoms with Crippen LogP contribution in [-0.2, 0) is 11.2 Å². The van der Waals surface area contributed by atoms with Crippen LogP contribution in [0.25, 0.3) is 5.69 Å². The summed E-state index contributed by atoms with van der Waals surface area (Å²) in [5, 5.41) is 11.2. The van der Waals surface area contributed by atoms with Crippen molar-refractivity contribution in [2.45, 2.75) is 19.8 Å². The van der Waals surface area contributed by atoms with E-state index in [1.807, 2.05) is 12.3 Å². The maximum Gasteiger partial charge on any atom is 0.191 e. The Balaban J connectivity index is 0.00000320. The van der Waals surface area contributed by atoms with E-state index in [2.05, 4.69) is 32.5 Å². The van der Waals surface area contributed by atoms with Crippen molar-refractivity contribution in [1.29, 1.82) is 0 Å². The van der Waals surface area contributed by atoms with E-state index in [0.29, 0.717) is 0 Å². The molecular weight excluding hydrogens is 498 g/mol. The number of guanidine groups is 1. The number of ether oxygens (including phenoxy) is 1. The summed E-state index contributed by atoms with van der Waals surface area (Å²) in [6.45, 7) is 9.21. The Hall–Kier alpha value is -1.72. The van der Waals surface area contributed by atoms with E-state index in [1.54, 1.807) is 16.8 Å². The fourth-order valence-electron chi connectivity index (χ4n) is 3.19. The summed E-state index contributed by atoms with van der Waals surface area (Å²) in [6.07, 6.45) is 3.72. The van der Waals surface area contributed by atoms with Crippen LogP contribution in [-0.4, -0.2) is 73.1 Å². The molecule has 1 saturated heterocycles. The summed E-state index contributed by atoms with van der Waals surface area (Å²) in [6, 6.07) is 8.30. The summed E-state index contributed by atoms with van der Waals surface area (Å²) in [5.74, 6) is 0.595. The maximum absolute atomic E-state index is 13.1. The van der Waals surface area contributed by atoms with Crippen molar-refractivity contribution in [3.63, 3.8) is 0 Å². The van der Waals surface area contributed by atoms with Gasteiger partial charge < -0.3 is 15.4 Å². The molecule has 166 valence electrons. The number of hydrogen-bond donors (Lipinski definition) is 2. The predicted molar refractivity (Wildman–Crippen MR) is 128 cm³/mol. The van der Waals surface area contributed by atoms with Crippen molar-refractivity contribution < 1.29 is 9.13 Å². The Labute approximate surface area is 195 Å². The number of hydrogen-bond acceptors (Lipinski definition) is 4. The molecule has 1 aliphatic heterocycles. The molecule has 2 aromatic rings. The summed E-state index contributed by atoms with van der Waals surface area (Å²) < 4.78 is 20.2. The minimum absolute atomic E-state index is 0. The molecule has 9 heteroatoms. The first-order chi connectivity index (χ1) is 14.2. The van der Waals surface area contributed by atoms with Gasteiger partial charge in [-0.2, -0.15) is 5.10 Å². The van der Waals surface area contributed by atoms with Crippen LogP contribution in [0.1, 0.15) is 19.0 Å². The van der Waals surface area contributed by atoms with Crippen LogP contribution in [0.4, 0.5) is 4.39 Å². The molecule has 0 saturated carbocycles. The number of rotatable bonds is 9. The zero-order valence-electron chi connectivity index (χ0n) is 17.5. The molecule has 2 heterocycles. The van der Waals surface area contributed by atoms with E-state index in [0.717, 1.165) is 82.7 Å². The molecule has 0 aliphatic carbocycles. The Kier molecular flexibility index (Phi) is 11.1. The molecule has 1 aromatic heterocycles. The topological polar surface area (TPSA) is 66.7 Å². The SMILES string of the molecule is CCNC(=NCCCN1CCOCC1)NCCc1ccn(-c2ccc(F)cc2)n1.I. The molecule has 2 N–H and O–H groups in total. The summed E-state index contributed by atoms with van der Waals surface area (Å²) in [4.78, 5) is 7.09. The van der Waals surface area contributed by atoms with Crippen LogP contribution in [0, 0.1) is 5.82 Å². The van der Waals surface area contributed by atoms with Gasteiger partial charge in [-0.25, -0.2) is 9.07 Å². The molecule has 0 atom stereocenters. The third-order valence-electron chi connectivity index (χ3n) is 4.76. The monoisotopic (exact) mass is 530 g/mol. The number of nitrogens with one attached hydrogen (secondary N) is 2. The highest BCUT2D eigenvalue weighted by atomic mass is 127. The van der Waals surface area contributed by atoms with Gasteiger partial charge in [-0.15, -0.1) is 24.0 Å². The normalized spacial score (nSPS) is 14.9. The molecule has 0 spiro atoms. The second-order valence-electron chi connectivity index (χ2n) is 6.97. The van der Waals surface area contributed by atoms with Gasteiger partial charge in [0.05, 0.1) is 24.6 Å². The van der Waals surface area contributed by atoms with Gasteiger partial charge in [-0.3, -0.25) is 9.89 Å². The smallest absolute Gasteiger partial charge is 0.191 e. The van der Waals surface area contributed by atoms with Crippen molar-refractivity contribution in [2.24, 2.45) is 4.99 Å². The van der Waals surface area contributed by atoms with Crippen LogP contribution in [0.2, 0.25) is 0 Å². The molecule has 7 nitrogen and oxygen atoms in total. The zero-order valence-corrected chi connectivity index (χ0v) is 19.8. The third kappa shape index (κ3) is 8.19. The van der Waals surface area contributed by atoms with Gasteiger partial charge in [0, 0.05) is 51.9 Å². The average molecular weight is 530 g/mol. The number of morpholine rings is 1. The van der Waals surface area contributed by atoms with Crippen LogP contribution in [0.5, 0.6) is 0 Å². The molecule has 1 fully saturated rings. The summed E-state index contributed by atoms with van der Waals surface area (Å²) >= 11 is 0. The van der Waals surface area contributed by atoms with Crippen LogP contribution in [0.3, 0.4) is 0 Å². The predicted octanol–water partition coefficient (Wildman–Crippen LogP) is 2.45. The lowest BCUT2D eigenvalue weighted by atomic mass is 10.3. The lowest BCUT2D eigenvalue weighted by Crippen LogP contribution is -2.39. The Bertz CT molecular complexity index is 761. The minimum Gasteiger partial charge on any atom is -0.379 e. The van der Waals surface area contributed by atoms with Crippen molar-refractivity contribution >= 4 is 29.9 Å². The number of nitrogens with zero attached hydrogens (tertiary/aromatic N) is 4. The van der Waals surface area contributed by atoms with E-state index >= 15 is 0 Å². The van der Waals surface area contributed by atoms with Crippen molar-refractivity contribution in [1.82, 2.24) is 25.3 Å². The third-order valence-corrected chi connectivity index (χ3v) is 4.76. The molecule has 3 rings (SSSR count). The van der Waals surface area contributed by atoms with Gasteiger partial charge >= 0.3 is 0 Å². The molecule has 0 amide bonds. The number of aromatic nitrogens is 2. The van der Waals surface area contributed by atoms with Gasteiger partial charge in [0.25, 0.3) is 0 Å². The highest BCUT2D eigenvalue weighted by molar-refractivity contribution is 14.0. The minimum atomic E-state index is -0.245. The largest absolute Gasteiger partial charge is 0.379 e. The molecule has 30 heavy (non-hydrogen) atoms.